The van der Waals surface area contributed by atoms with Gasteiger partial charge in [-0.05, 0) is 13.8 Å². The number of imidazole rings is 1. The summed E-state index contributed by atoms with van der Waals surface area (Å²) in [5.41, 5.74) is -0.973. The topological polar surface area (TPSA) is 114 Å². The van der Waals surface area contributed by atoms with E-state index in [-0.39, 0.29) is 30.2 Å². The number of esters is 2. The molecule has 0 saturated carbocycles. The minimum Gasteiger partial charge on any atom is -0.465 e. The predicted octanol–water partition coefficient (Wildman–Crippen LogP) is -0.819. The van der Waals surface area contributed by atoms with E-state index in [1.165, 1.54) is 30.3 Å². The second-order valence-electron chi connectivity index (χ2n) is 5.34. The molecule has 0 amide bonds. The number of carbonyl (C=O) groups excluding carboxylic acids is 2. The van der Waals surface area contributed by atoms with Crippen LogP contribution in [0.1, 0.15) is 25.6 Å². The van der Waals surface area contributed by atoms with Crippen LogP contribution in [0.4, 0.5) is 0 Å². The molecule has 0 radical (unpaired) electrons. The number of hydrogen-bond donors (Lipinski definition) is 0. The summed E-state index contributed by atoms with van der Waals surface area (Å²) in [4.78, 5) is 53.2. The van der Waals surface area contributed by atoms with Crippen LogP contribution in [0.15, 0.2) is 9.59 Å². The van der Waals surface area contributed by atoms with Crippen LogP contribution in [-0.4, -0.2) is 43.8 Å². The Morgan fingerprint density at radius 3 is 1.96 bits per heavy atom. The van der Waals surface area contributed by atoms with E-state index in [0.717, 1.165) is 4.57 Å². The highest BCUT2D eigenvalue weighted by Crippen LogP contribution is 2.21. The summed E-state index contributed by atoms with van der Waals surface area (Å²) in [6, 6.07) is 0. The molecule has 0 aromatic carbocycles. The summed E-state index contributed by atoms with van der Waals surface area (Å²) in [6.45, 7) is 3.35. The van der Waals surface area contributed by atoms with Crippen LogP contribution in [0.3, 0.4) is 0 Å². The lowest BCUT2D eigenvalue weighted by Gasteiger charge is -2.14. The molecule has 0 aliphatic heterocycles. The van der Waals surface area contributed by atoms with Crippen molar-refractivity contribution in [2.75, 3.05) is 13.2 Å². The summed E-state index contributed by atoms with van der Waals surface area (Å²) in [5, 5.41) is 0. The second-order valence-corrected chi connectivity index (χ2v) is 5.34. The van der Waals surface area contributed by atoms with Gasteiger partial charge in [-0.25, -0.2) is 9.78 Å². The monoisotopic (exact) mass is 352 g/mol. The Kier molecular flexibility index (Phi) is 5.10. The van der Waals surface area contributed by atoms with Gasteiger partial charge in [0, 0.05) is 21.1 Å². The molecule has 10 heteroatoms. The smallest absolute Gasteiger partial charge is 0.332 e. The van der Waals surface area contributed by atoms with Crippen LogP contribution in [0.2, 0.25) is 0 Å². The molecule has 0 aliphatic rings. The van der Waals surface area contributed by atoms with Gasteiger partial charge in [0.05, 0.1) is 13.2 Å². The minimum atomic E-state index is -1.45. The summed E-state index contributed by atoms with van der Waals surface area (Å²) < 4.78 is 13.3. The van der Waals surface area contributed by atoms with Gasteiger partial charge in [0.15, 0.2) is 11.2 Å². The van der Waals surface area contributed by atoms with Gasteiger partial charge in [0.2, 0.25) is 5.92 Å². The molecule has 10 nitrogen and oxygen atoms in total. The highest BCUT2D eigenvalue weighted by atomic mass is 16.6. The van der Waals surface area contributed by atoms with Crippen LogP contribution in [-0.2, 0) is 40.2 Å². The highest BCUT2D eigenvalue weighted by Gasteiger charge is 2.36. The first-order valence-corrected chi connectivity index (χ1v) is 7.71. The number of ether oxygens (including phenoxy) is 2. The van der Waals surface area contributed by atoms with Crippen molar-refractivity contribution in [1.29, 1.82) is 0 Å². The Labute approximate surface area is 142 Å². The molecule has 0 aliphatic carbocycles. The van der Waals surface area contributed by atoms with Crippen molar-refractivity contribution in [2.24, 2.45) is 21.1 Å². The summed E-state index contributed by atoms with van der Waals surface area (Å²) in [7, 11) is 4.28. The summed E-state index contributed by atoms with van der Waals surface area (Å²) >= 11 is 0. The van der Waals surface area contributed by atoms with Gasteiger partial charge < -0.3 is 14.0 Å². The third-order valence-electron chi connectivity index (χ3n) is 3.81. The lowest BCUT2D eigenvalue weighted by molar-refractivity contribution is -0.157. The highest BCUT2D eigenvalue weighted by molar-refractivity contribution is 6.00. The number of aromatic nitrogens is 4. The van der Waals surface area contributed by atoms with Gasteiger partial charge in [-0.15, -0.1) is 0 Å². The van der Waals surface area contributed by atoms with Crippen LogP contribution in [0.5, 0.6) is 0 Å². The largest absolute Gasteiger partial charge is 0.465 e. The molecule has 2 rings (SSSR count). The van der Waals surface area contributed by atoms with Crippen molar-refractivity contribution in [1.82, 2.24) is 18.7 Å². The number of hydrogen-bond acceptors (Lipinski definition) is 7. The fourth-order valence-corrected chi connectivity index (χ4v) is 2.55. The van der Waals surface area contributed by atoms with Gasteiger partial charge >= 0.3 is 17.6 Å². The third-order valence-corrected chi connectivity index (χ3v) is 3.81. The Hall–Kier alpha value is -2.91. The maximum Gasteiger partial charge on any atom is 0.332 e. The van der Waals surface area contributed by atoms with Crippen molar-refractivity contribution in [3.63, 3.8) is 0 Å². The maximum atomic E-state index is 12.4. The molecular weight excluding hydrogens is 332 g/mol. The zero-order valence-corrected chi connectivity index (χ0v) is 14.7. The molecule has 0 spiro atoms. The first-order chi connectivity index (χ1) is 11.8. The zero-order chi connectivity index (χ0) is 18.9. The van der Waals surface area contributed by atoms with E-state index >= 15 is 0 Å². The molecule has 25 heavy (non-hydrogen) atoms. The van der Waals surface area contributed by atoms with Gasteiger partial charge in [-0.1, -0.05) is 0 Å². The van der Waals surface area contributed by atoms with E-state index in [1.807, 2.05) is 0 Å². The second kappa shape index (κ2) is 6.91. The Morgan fingerprint density at radius 1 is 0.960 bits per heavy atom. The lowest BCUT2D eigenvalue weighted by Crippen LogP contribution is -2.37. The fraction of sp³-hybridized carbons (Fsp3) is 0.533. The van der Waals surface area contributed by atoms with Gasteiger partial charge in [0.25, 0.3) is 5.56 Å². The molecule has 136 valence electrons. The summed E-state index contributed by atoms with van der Waals surface area (Å²) in [6.07, 6.45) is 0. The lowest BCUT2D eigenvalue weighted by atomic mass is 10.1. The van der Waals surface area contributed by atoms with E-state index in [4.69, 9.17) is 9.47 Å². The summed E-state index contributed by atoms with van der Waals surface area (Å²) in [5.74, 6) is -3.13. The van der Waals surface area contributed by atoms with Crippen LogP contribution >= 0.6 is 0 Å². The zero-order valence-electron chi connectivity index (χ0n) is 14.7. The number of fused-ring (bicyclic) bond motifs is 1. The first kappa shape index (κ1) is 18.4. The molecule has 2 aromatic rings. The Balaban J connectivity index is 2.79. The minimum absolute atomic E-state index is 0.0230. The van der Waals surface area contributed by atoms with E-state index in [2.05, 4.69) is 4.98 Å². The number of rotatable bonds is 5. The van der Waals surface area contributed by atoms with Crippen molar-refractivity contribution in [2.45, 2.75) is 19.8 Å². The average Bonchev–Trinajstić information content (AvgIpc) is 2.89. The van der Waals surface area contributed by atoms with E-state index < -0.39 is 29.1 Å². The predicted molar refractivity (Wildman–Crippen MR) is 87.2 cm³/mol. The van der Waals surface area contributed by atoms with Crippen molar-refractivity contribution in [3.05, 3.63) is 26.7 Å². The molecule has 0 bridgehead atoms. The first-order valence-electron chi connectivity index (χ1n) is 7.71. The molecule has 0 atom stereocenters. The van der Waals surface area contributed by atoms with Crippen molar-refractivity contribution >= 4 is 23.1 Å². The third kappa shape index (κ3) is 2.94. The van der Waals surface area contributed by atoms with Crippen LogP contribution < -0.4 is 11.2 Å². The standard InChI is InChI=1S/C15H20N4O6/c1-6-24-13(21)8(14(22)25-7-2)10-16-11-9(17(10)3)12(20)19(5)15(23)18(11)4/h8H,6-7H2,1-5H3. The van der Waals surface area contributed by atoms with Crippen LogP contribution in [0, 0.1) is 0 Å². The number of carbonyl (C=O) groups is 2. The van der Waals surface area contributed by atoms with E-state index in [1.54, 1.807) is 13.8 Å². The van der Waals surface area contributed by atoms with E-state index in [0.29, 0.717) is 0 Å². The van der Waals surface area contributed by atoms with Crippen molar-refractivity contribution < 1.29 is 19.1 Å². The molecule has 2 heterocycles. The van der Waals surface area contributed by atoms with Gasteiger partial charge in [-0.3, -0.25) is 23.5 Å². The fourth-order valence-electron chi connectivity index (χ4n) is 2.55. The molecule has 0 N–H and O–H groups in total. The van der Waals surface area contributed by atoms with Gasteiger partial charge in [0.1, 0.15) is 5.82 Å². The SMILES string of the molecule is CCOC(=O)C(C(=O)OCC)c1nc2c(c(=O)n(C)c(=O)n2C)n1C. The Bertz CT molecular complexity index is 934. The molecule has 0 saturated heterocycles. The average molecular weight is 352 g/mol. The van der Waals surface area contributed by atoms with Crippen molar-refractivity contribution in [3.8, 4) is 0 Å². The molecule has 0 fully saturated rings. The number of aryl methyl sites for hydroxylation is 2. The molecule has 2 aromatic heterocycles. The quantitative estimate of drug-likeness (QED) is 0.510. The molecular formula is C15H20N4O6. The molecule has 0 unspecified atom stereocenters. The van der Waals surface area contributed by atoms with Crippen LogP contribution in [0.25, 0.3) is 11.2 Å². The van der Waals surface area contributed by atoms with E-state index in [9.17, 15) is 19.2 Å². The normalized spacial score (nSPS) is 11.1. The Morgan fingerprint density at radius 2 is 1.48 bits per heavy atom. The number of nitrogens with zero attached hydrogens (tertiary/aromatic N) is 4. The maximum absolute atomic E-state index is 12.4. The van der Waals surface area contributed by atoms with Gasteiger partial charge in [-0.2, -0.15) is 0 Å².